The van der Waals surface area contributed by atoms with E-state index in [1.807, 2.05) is 24.3 Å². The molecule has 0 radical (unpaired) electrons. The maximum absolute atomic E-state index is 12.3. The molecule has 0 heterocycles. The number of rotatable bonds is 8. The molecule has 0 aliphatic heterocycles. The van der Waals surface area contributed by atoms with Crippen molar-refractivity contribution in [2.24, 2.45) is 0 Å². The summed E-state index contributed by atoms with van der Waals surface area (Å²) in [5, 5.41) is 5.45. The van der Waals surface area contributed by atoms with E-state index in [4.69, 9.17) is 4.74 Å². The molecule has 0 bridgehead atoms. The summed E-state index contributed by atoms with van der Waals surface area (Å²) in [5.41, 5.74) is 2.15. The maximum atomic E-state index is 12.3. The maximum Gasteiger partial charge on any atom is 0.226 e. The zero-order chi connectivity index (χ0) is 20.5. The van der Waals surface area contributed by atoms with Gasteiger partial charge in [-0.1, -0.05) is 18.2 Å². The van der Waals surface area contributed by atoms with E-state index in [0.717, 1.165) is 11.3 Å². The number of hydrogen-bond donors (Lipinski definition) is 2. The highest BCUT2D eigenvalue weighted by Gasteiger charge is 2.12. The van der Waals surface area contributed by atoms with Gasteiger partial charge in [0.15, 0.2) is 0 Å². The third-order valence-electron chi connectivity index (χ3n) is 4.05. The lowest BCUT2D eigenvalue weighted by molar-refractivity contribution is -0.130. The minimum Gasteiger partial charge on any atom is -0.497 e. The molecule has 0 atom stereocenters. The van der Waals surface area contributed by atoms with Crippen molar-refractivity contribution in [1.82, 2.24) is 4.90 Å². The van der Waals surface area contributed by atoms with Gasteiger partial charge in [-0.05, 0) is 35.9 Å². The largest absolute Gasteiger partial charge is 0.497 e. The quantitative estimate of drug-likeness (QED) is 0.733. The Kier molecular flexibility index (Phi) is 7.56. The molecule has 0 spiro atoms. The van der Waals surface area contributed by atoms with Crippen molar-refractivity contribution < 1.29 is 19.1 Å². The average molecular weight is 383 g/mol. The van der Waals surface area contributed by atoms with Crippen molar-refractivity contribution in [1.29, 1.82) is 0 Å². The molecule has 7 nitrogen and oxygen atoms in total. The van der Waals surface area contributed by atoms with E-state index in [2.05, 4.69) is 10.6 Å². The molecule has 0 aromatic heterocycles. The normalized spacial score (nSPS) is 10.1. The van der Waals surface area contributed by atoms with Crippen molar-refractivity contribution in [2.75, 3.05) is 24.3 Å². The number of nitrogens with zero attached hydrogens (tertiary/aromatic N) is 1. The molecule has 28 heavy (non-hydrogen) atoms. The summed E-state index contributed by atoms with van der Waals surface area (Å²) in [4.78, 5) is 36.9. The van der Waals surface area contributed by atoms with Gasteiger partial charge in [-0.25, -0.2) is 0 Å². The van der Waals surface area contributed by atoms with Crippen LogP contribution >= 0.6 is 0 Å². The molecule has 2 aromatic carbocycles. The van der Waals surface area contributed by atoms with E-state index in [9.17, 15) is 14.4 Å². The third kappa shape index (κ3) is 6.75. The first kappa shape index (κ1) is 21.0. The number of methoxy groups -OCH3 is 1. The Morgan fingerprint density at radius 2 is 1.61 bits per heavy atom. The number of benzene rings is 2. The van der Waals surface area contributed by atoms with Gasteiger partial charge in [0.1, 0.15) is 5.75 Å². The van der Waals surface area contributed by atoms with Crippen LogP contribution in [0.3, 0.4) is 0 Å². The van der Waals surface area contributed by atoms with Crippen LogP contribution in [-0.2, 0) is 20.9 Å². The zero-order valence-electron chi connectivity index (χ0n) is 16.3. The van der Waals surface area contributed by atoms with Gasteiger partial charge in [0, 0.05) is 44.7 Å². The van der Waals surface area contributed by atoms with Gasteiger partial charge in [-0.3, -0.25) is 14.4 Å². The van der Waals surface area contributed by atoms with Gasteiger partial charge in [-0.2, -0.15) is 0 Å². The molecular formula is C21H25N3O4. The van der Waals surface area contributed by atoms with Crippen molar-refractivity contribution in [2.45, 2.75) is 26.8 Å². The number of amides is 3. The molecule has 0 aliphatic rings. The molecule has 2 N–H and O–H groups in total. The molecule has 0 aliphatic carbocycles. The van der Waals surface area contributed by atoms with Crippen LogP contribution in [0.25, 0.3) is 0 Å². The van der Waals surface area contributed by atoms with Gasteiger partial charge < -0.3 is 20.3 Å². The van der Waals surface area contributed by atoms with Crippen LogP contribution in [0, 0.1) is 0 Å². The minimum absolute atomic E-state index is 0.101. The smallest absolute Gasteiger partial charge is 0.226 e. The average Bonchev–Trinajstić information content (AvgIpc) is 2.65. The summed E-state index contributed by atoms with van der Waals surface area (Å²) in [6, 6.07) is 14.4. The van der Waals surface area contributed by atoms with Gasteiger partial charge >= 0.3 is 0 Å². The van der Waals surface area contributed by atoms with Crippen molar-refractivity contribution in [3.8, 4) is 5.75 Å². The topological polar surface area (TPSA) is 87.7 Å². The van der Waals surface area contributed by atoms with Crippen LogP contribution in [0.1, 0.15) is 25.8 Å². The second kappa shape index (κ2) is 10.1. The van der Waals surface area contributed by atoms with Crippen molar-refractivity contribution in [3.05, 3.63) is 54.1 Å². The van der Waals surface area contributed by atoms with Crippen molar-refractivity contribution in [3.63, 3.8) is 0 Å². The van der Waals surface area contributed by atoms with E-state index in [0.29, 0.717) is 24.5 Å². The van der Waals surface area contributed by atoms with E-state index < -0.39 is 0 Å². The van der Waals surface area contributed by atoms with E-state index in [1.54, 1.807) is 36.3 Å². The first-order valence-electron chi connectivity index (χ1n) is 8.93. The highest BCUT2D eigenvalue weighted by Crippen LogP contribution is 2.16. The first-order valence-corrected chi connectivity index (χ1v) is 8.93. The fourth-order valence-corrected chi connectivity index (χ4v) is 2.64. The van der Waals surface area contributed by atoms with Gasteiger partial charge in [0.2, 0.25) is 17.7 Å². The van der Waals surface area contributed by atoms with Crippen LogP contribution in [0.5, 0.6) is 5.75 Å². The fourth-order valence-electron chi connectivity index (χ4n) is 2.64. The molecule has 0 saturated heterocycles. The standard InChI is InChI=1S/C21H25N3O4/c1-15(25)22-18-5-4-6-19(13-18)23-21(27)11-12-24(16(2)26)14-17-7-9-20(28-3)10-8-17/h4-10,13H,11-12,14H2,1-3H3,(H,22,25)(H,23,27). The van der Waals surface area contributed by atoms with Crippen LogP contribution in [0.4, 0.5) is 11.4 Å². The van der Waals surface area contributed by atoms with E-state index in [-0.39, 0.29) is 24.1 Å². The molecule has 148 valence electrons. The molecule has 0 unspecified atom stereocenters. The Hall–Kier alpha value is -3.35. The lowest BCUT2D eigenvalue weighted by Crippen LogP contribution is -2.31. The van der Waals surface area contributed by atoms with E-state index >= 15 is 0 Å². The Morgan fingerprint density at radius 1 is 0.964 bits per heavy atom. The first-order chi connectivity index (χ1) is 13.4. The summed E-state index contributed by atoms with van der Waals surface area (Å²) in [6.07, 6.45) is 0.167. The number of nitrogens with one attached hydrogen (secondary N) is 2. The lowest BCUT2D eigenvalue weighted by Gasteiger charge is -2.21. The fraction of sp³-hybridized carbons (Fsp3) is 0.286. The Morgan fingerprint density at radius 3 is 2.18 bits per heavy atom. The summed E-state index contributed by atoms with van der Waals surface area (Å²) >= 11 is 0. The van der Waals surface area contributed by atoms with Crippen LogP contribution < -0.4 is 15.4 Å². The minimum atomic E-state index is -0.207. The molecule has 3 amide bonds. The SMILES string of the molecule is COc1ccc(CN(CCC(=O)Nc2cccc(NC(C)=O)c2)C(C)=O)cc1. The van der Waals surface area contributed by atoms with E-state index in [1.165, 1.54) is 13.8 Å². The van der Waals surface area contributed by atoms with Gasteiger partial charge in [0.05, 0.1) is 7.11 Å². The zero-order valence-corrected chi connectivity index (χ0v) is 16.3. The van der Waals surface area contributed by atoms with Crippen molar-refractivity contribution >= 4 is 29.1 Å². The summed E-state index contributed by atoms with van der Waals surface area (Å²) in [6.45, 7) is 3.63. The van der Waals surface area contributed by atoms with Crippen LogP contribution in [0.2, 0.25) is 0 Å². The molecule has 0 saturated carbocycles. The Balaban J connectivity index is 1.91. The molecule has 2 rings (SSSR count). The monoisotopic (exact) mass is 383 g/mol. The molecule has 7 heteroatoms. The van der Waals surface area contributed by atoms with Gasteiger partial charge in [-0.15, -0.1) is 0 Å². The van der Waals surface area contributed by atoms with Crippen LogP contribution in [-0.4, -0.2) is 36.3 Å². The summed E-state index contributed by atoms with van der Waals surface area (Å²) in [5.74, 6) is 0.260. The second-order valence-electron chi connectivity index (χ2n) is 6.35. The number of anilines is 2. The highest BCUT2D eigenvalue weighted by molar-refractivity contribution is 5.93. The Labute approximate surface area is 164 Å². The second-order valence-corrected chi connectivity index (χ2v) is 6.35. The number of carbonyl (C=O) groups is 3. The molecule has 2 aromatic rings. The molecular weight excluding hydrogens is 358 g/mol. The Bertz CT molecular complexity index is 834. The molecule has 0 fully saturated rings. The summed E-state index contributed by atoms with van der Waals surface area (Å²) < 4.78 is 5.13. The highest BCUT2D eigenvalue weighted by atomic mass is 16.5. The third-order valence-corrected chi connectivity index (χ3v) is 4.05. The number of carbonyl (C=O) groups excluding carboxylic acids is 3. The lowest BCUT2D eigenvalue weighted by atomic mass is 10.2. The summed E-state index contributed by atoms with van der Waals surface area (Å²) in [7, 11) is 1.60. The predicted octanol–water partition coefficient (Wildman–Crippen LogP) is 3.03. The van der Waals surface area contributed by atoms with Gasteiger partial charge in [0.25, 0.3) is 0 Å². The number of ether oxygens (including phenoxy) is 1. The number of hydrogen-bond acceptors (Lipinski definition) is 4. The van der Waals surface area contributed by atoms with Crippen LogP contribution in [0.15, 0.2) is 48.5 Å². The predicted molar refractivity (Wildman–Crippen MR) is 108 cm³/mol.